The Morgan fingerprint density at radius 2 is 1.69 bits per heavy atom. The van der Waals surface area contributed by atoms with Crippen molar-refractivity contribution in [3.63, 3.8) is 0 Å². The molecule has 7 nitrogen and oxygen atoms in total. The van der Waals surface area contributed by atoms with Crippen LogP contribution in [0.2, 0.25) is 0 Å². The van der Waals surface area contributed by atoms with E-state index >= 15 is 0 Å². The van der Waals surface area contributed by atoms with Crippen LogP contribution < -0.4 is 24.8 Å². The number of nitrogens with one attached hydrogen (secondary N) is 2. The molecule has 166 valence electrons. The van der Waals surface area contributed by atoms with E-state index in [4.69, 9.17) is 19.2 Å². The van der Waals surface area contributed by atoms with Crippen molar-refractivity contribution in [2.75, 3.05) is 47.5 Å². The van der Waals surface area contributed by atoms with Crippen molar-refractivity contribution in [1.29, 1.82) is 0 Å². The van der Waals surface area contributed by atoms with Gasteiger partial charge in [0.2, 0.25) is 0 Å². The highest BCUT2D eigenvalue weighted by atomic mass is 127. The van der Waals surface area contributed by atoms with E-state index < -0.39 is 0 Å². The third kappa shape index (κ3) is 7.73. The molecule has 1 aliphatic rings. The zero-order chi connectivity index (χ0) is 20.4. The fourth-order valence-electron chi connectivity index (χ4n) is 3.52. The van der Waals surface area contributed by atoms with E-state index in [1.165, 1.54) is 13.0 Å². The molecule has 0 amide bonds. The first-order chi connectivity index (χ1) is 13.6. The third-order valence-electron chi connectivity index (χ3n) is 5.02. The molecule has 0 bridgehead atoms. The largest absolute Gasteiger partial charge is 0.496 e. The van der Waals surface area contributed by atoms with Gasteiger partial charge in [-0.3, -0.25) is 0 Å². The molecule has 0 aromatic heterocycles. The Morgan fingerprint density at radius 1 is 1.07 bits per heavy atom. The Bertz CT molecular complexity index is 609. The van der Waals surface area contributed by atoms with Crippen LogP contribution in [0.4, 0.5) is 0 Å². The standard InChI is InChI=1S/C21H36N4O3.HI/c1-6-10-25-11-8-16(9-12-25)24-21(22-7-2)23-15-18-19(27-4)13-17(26-3)14-20(18)28-5;/h13-14,16H,6-12,15H2,1-5H3,(H2,22,23,24);1H. The number of methoxy groups -OCH3 is 3. The fraction of sp³-hybridized carbons (Fsp3) is 0.667. The van der Waals surface area contributed by atoms with Crippen molar-refractivity contribution < 1.29 is 14.2 Å². The van der Waals surface area contributed by atoms with Crippen LogP contribution in [-0.2, 0) is 6.54 Å². The van der Waals surface area contributed by atoms with E-state index in [9.17, 15) is 0 Å². The number of halogens is 1. The van der Waals surface area contributed by atoms with E-state index in [2.05, 4.69) is 29.4 Å². The minimum Gasteiger partial charge on any atom is -0.496 e. The Labute approximate surface area is 192 Å². The van der Waals surface area contributed by atoms with Gasteiger partial charge < -0.3 is 29.7 Å². The number of hydrogen-bond acceptors (Lipinski definition) is 5. The number of benzene rings is 1. The lowest BCUT2D eigenvalue weighted by molar-refractivity contribution is 0.206. The van der Waals surface area contributed by atoms with Gasteiger partial charge in [-0.2, -0.15) is 0 Å². The number of likely N-dealkylation sites (tertiary alicyclic amines) is 1. The van der Waals surface area contributed by atoms with Crippen molar-refractivity contribution in [2.45, 2.75) is 45.7 Å². The van der Waals surface area contributed by atoms with Gasteiger partial charge in [-0.05, 0) is 32.7 Å². The topological polar surface area (TPSA) is 67.4 Å². The predicted octanol–water partition coefficient (Wildman–Crippen LogP) is 3.26. The summed E-state index contributed by atoms with van der Waals surface area (Å²) in [6.45, 7) is 9.07. The first kappa shape index (κ1) is 25.6. The zero-order valence-corrected chi connectivity index (χ0v) is 20.7. The van der Waals surface area contributed by atoms with Crippen LogP contribution in [0.5, 0.6) is 17.2 Å². The first-order valence-corrected chi connectivity index (χ1v) is 10.2. The molecule has 2 N–H and O–H groups in total. The maximum Gasteiger partial charge on any atom is 0.191 e. The molecule has 1 heterocycles. The molecule has 1 aromatic rings. The maximum atomic E-state index is 5.53. The Morgan fingerprint density at radius 3 is 2.17 bits per heavy atom. The van der Waals surface area contributed by atoms with Crippen molar-refractivity contribution >= 4 is 29.9 Å². The number of nitrogens with zero attached hydrogens (tertiary/aromatic N) is 2. The van der Waals surface area contributed by atoms with E-state index in [1.54, 1.807) is 21.3 Å². The Balaban J connectivity index is 0.00000420. The smallest absolute Gasteiger partial charge is 0.191 e. The van der Waals surface area contributed by atoms with E-state index in [0.717, 1.165) is 44.0 Å². The molecule has 0 atom stereocenters. The van der Waals surface area contributed by atoms with Gasteiger partial charge in [-0.25, -0.2) is 4.99 Å². The second-order valence-corrected chi connectivity index (χ2v) is 6.97. The molecule has 0 radical (unpaired) electrons. The van der Waals surface area contributed by atoms with Gasteiger partial charge in [-0.15, -0.1) is 24.0 Å². The van der Waals surface area contributed by atoms with Crippen LogP contribution in [0, 0.1) is 0 Å². The second-order valence-electron chi connectivity index (χ2n) is 6.97. The Kier molecular flexibility index (Phi) is 12.1. The highest BCUT2D eigenvalue weighted by molar-refractivity contribution is 14.0. The van der Waals surface area contributed by atoms with Crippen LogP contribution in [-0.4, -0.2) is 64.4 Å². The molecule has 1 aliphatic heterocycles. The number of hydrogen-bond donors (Lipinski definition) is 2. The first-order valence-electron chi connectivity index (χ1n) is 10.2. The average molecular weight is 520 g/mol. The van der Waals surface area contributed by atoms with Crippen molar-refractivity contribution in [3.8, 4) is 17.2 Å². The van der Waals surface area contributed by atoms with Gasteiger partial charge in [0.25, 0.3) is 0 Å². The summed E-state index contributed by atoms with van der Waals surface area (Å²) < 4.78 is 16.4. The molecule has 0 saturated carbocycles. The highest BCUT2D eigenvalue weighted by Gasteiger charge is 2.19. The number of piperidine rings is 1. The van der Waals surface area contributed by atoms with Crippen LogP contribution in [0.3, 0.4) is 0 Å². The SMILES string of the molecule is CCCN1CCC(NC(=NCc2c(OC)cc(OC)cc2OC)NCC)CC1.I. The molecule has 8 heteroatoms. The molecule has 1 saturated heterocycles. The normalized spacial score (nSPS) is 15.4. The lowest BCUT2D eigenvalue weighted by Gasteiger charge is -2.32. The maximum absolute atomic E-state index is 5.53. The van der Waals surface area contributed by atoms with E-state index in [0.29, 0.717) is 29.8 Å². The summed E-state index contributed by atoms with van der Waals surface area (Å²) in [6.07, 6.45) is 3.49. The number of aliphatic imine (C=N–C) groups is 1. The van der Waals surface area contributed by atoms with E-state index in [-0.39, 0.29) is 24.0 Å². The summed E-state index contributed by atoms with van der Waals surface area (Å²) in [4.78, 5) is 7.32. The predicted molar refractivity (Wildman–Crippen MR) is 129 cm³/mol. The highest BCUT2D eigenvalue weighted by Crippen LogP contribution is 2.34. The monoisotopic (exact) mass is 520 g/mol. The number of rotatable bonds is 9. The molecule has 0 unspecified atom stereocenters. The molecule has 1 aromatic carbocycles. The molecule has 0 aliphatic carbocycles. The summed E-state index contributed by atoms with van der Waals surface area (Å²) in [6, 6.07) is 4.17. The van der Waals surface area contributed by atoms with Crippen LogP contribution >= 0.6 is 24.0 Å². The lowest BCUT2D eigenvalue weighted by Crippen LogP contribution is -2.48. The van der Waals surface area contributed by atoms with Gasteiger partial charge in [0.15, 0.2) is 5.96 Å². The average Bonchev–Trinajstić information content (AvgIpc) is 2.73. The molecule has 29 heavy (non-hydrogen) atoms. The lowest BCUT2D eigenvalue weighted by atomic mass is 10.1. The molecular weight excluding hydrogens is 483 g/mol. The quantitative estimate of drug-likeness (QED) is 0.296. The van der Waals surface area contributed by atoms with Crippen molar-refractivity contribution in [3.05, 3.63) is 17.7 Å². The summed E-state index contributed by atoms with van der Waals surface area (Å²) in [5.74, 6) is 2.95. The third-order valence-corrected chi connectivity index (χ3v) is 5.02. The molecular formula is C21H37IN4O3. The second kappa shape index (κ2) is 13.7. The van der Waals surface area contributed by atoms with Gasteiger partial charge in [0.1, 0.15) is 17.2 Å². The number of ether oxygens (including phenoxy) is 3. The summed E-state index contributed by atoms with van der Waals surface area (Å²) in [5.41, 5.74) is 0.903. The minimum absolute atomic E-state index is 0. The van der Waals surface area contributed by atoms with Gasteiger partial charge >= 0.3 is 0 Å². The fourth-order valence-corrected chi connectivity index (χ4v) is 3.52. The van der Waals surface area contributed by atoms with Crippen LogP contribution in [0.15, 0.2) is 17.1 Å². The van der Waals surface area contributed by atoms with Crippen molar-refractivity contribution in [1.82, 2.24) is 15.5 Å². The summed E-state index contributed by atoms with van der Waals surface area (Å²) in [5, 5.41) is 6.95. The summed E-state index contributed by atoms with van der Waals surface area (Å²) in [7, 11) is 4.93. The summed E-state index contributed by atoms with van der Waals surface area (Å²) >= 11 is 0. The zero-order valence-electron chi connectivity index (χ0n) is 18.4. The van der Waals surface area contributed by atoms with Crippen LogP contribution in [0.25, 0.3) is 0 Å². The van der Waals surface area contributed by atoms with Gasteiger partial charge in [0, 0.05) is 37.8 Å². The van der Waals surface area contributed by atoms with E-state index in [1.807, 2.05) is 12.1 Å². The molecule has 2 rings (SSSR count). The van der Waals surface area contributed by atoms with Gasteiger partial charge in [-0.1, -0.05) is 6.92 Å². The van der Waals surface area contributed by atoms with Gasteiger partial charge in [0.05, 0.1) is 33.4 Å². The van der Waals surface area contributed by atoms with Crippen LogP contribution in [0.1, 0.15) is 38.7 Å². The number of guanidine groups is 1. The minimum atomic E-state index is 0. The Hall–Kier alpha value is -1.42. The molecule has 1 fully saturated rings. The molecule has 0 spiro atoms. The van der Waals surface area contributed by atoms with Crippen molar-refractivity contribution in [2.24, 2.45) is 4.99 Å².